The lowest BCUT2D eigenvalue weighted by Crippen LogP contribution is -2.33. The fourth-order valence-corrected chi connectivity index (χ4v) is 1.79. The van der Waals surface area contributed by atoms with Gasteiger partial charge in [-0.25, -0.2) is 0 Å². The first-order chi connectivity index (χ1) is 9.58. The smallest absolute Gasteiger partial charge is 0.229 e. The molecular weight excluding hydrogens is 256 g/mol. The van der Waals surface area contributed by atoms with Gasteiger partial charge in [-0.1, -0.05) is 13.8 Å². The SMILES string of the molecule is COCCOc1ccc(NC(=O)C(CN)C(C)C)cc1. The molecule has 0 saturated carbocycles. The number of carbonyl (C=O) groups excluding carboxylic acids is 1. The van der Waals surface area contributed by atoms with Crippen molar-refractivity contribution in [1.29, 1.82) is 0 Å². The summed E-state index contributed by atoms with van der Waals surface area (Å²) in [5, 5.41) is 2.87. The van der Waals surface area contributed by atoms with Crippen molar-refractivity contribution in [3.8, 4) is 5.75 Å². The minimum absolute atomic E-state index is 0.0458. The standard InChI is InChI=1S/C15H24N2O3/c1-11(2)14(10-16)15(18)17-12-4-6-13(7-5-12)20-9-8-19-3/h4-7,11,14H,8-10,16H2,1-3H3,(H,17,18). The maximum Gasteiger partial charge on any atom is 0.229 e. The van der Waals surface area contributed by atoms with Gasteiger partial charge in [0.25, 0.3) is 0 Å². The molecule has 0 aliphatic carbocycles. The molecule has 0 radical (unpaired) electrons. The Bertz CT molecular complexity index is 404. The van der Waals surface area contributed by atoms with E-state index in [0.717, 1.165) is 11.4 Å². The van der Waals surface area contributed by atoms with Crippen molar-refractivity contribution in [2.24, 2.45) is 17.6 Å². The minimum Gasteiger partial charge on any atom is -0.491 e. The number of nitrogens with two attached hydrogens (primary N) is 1. The third kappa shape index (κ3) is 5.19. The molecule has 0 aliphatic rings. The van der Waals surface area contributed by atoms with Crippen molar-refractivity contribution < 1.29 is 14.3 Å². The van der Waals surface area contributed by atoms with Gasteiger partial charge >= 0.3 is 0 Å². The molecule has 0 aliphatic heterocycles. The molecule has 1 aromatic carbocycles. The van der Waals surface area contributed by atoms with E-state index in [1.54, 1.807) is 7.11 Å². The molecule has 1 unspecified atom stereocenters. The third-order valence-corrected chi connectivity index (χ3v) is 3.07. The Balaban J connectivity index is 2.54. The second-order valence-electron chi connectivity index (χ2n) is 4.94. The highest BCUT2D eigenvalue weighted by molar-refractivity contribution is 5.92. The zero-order valence-corrected chi connectivity index (χ0v) is 12.4. The normalized spacial score (nSPS) is 12.2. The Labute approximate surface area is 120 Å². The van der Waals surface area contributed by atoms with E-state index < -0.39 is 0 Å². The second-order valence-corrected chi connectivity index (χ2v) is 4.94. The summed E-state index contributed by atoms with van der Waals surface area (Å²) in [6.45, 7) is 5.38. The van der Waals surface area contributed by atoms with Crippen molar-refractivity contribution in [1.82, 2.24) is 0 Å². The maximum atomic E-state index is 12.0. The van der Waals surface area contributed by atoms with Crippen LogP contribution in [0.25, 0.3) is 0 Å². The first-order valence-electron chi connectivity index (χ1n) is 6.81. The van der Waals surface area contributed by atoms with E-state index in [2.05, 4.69) is 5.32 Å². The number of methoxy groups -OCH3 is 1. The lowest BCUT2D eigenvalue weighted by molar-refractivity contribution is -0.120. The summed E-state index contributed by atoms with van der Waals surface area (Å²) < 4.78 is 10.4. The summed E-state index contributed by atoms with van der Waals surface area (Å²) >= 11 is 0. The van der Waals surface area contributed by atoms with Crippen molar-refractivity contribution in [2.75, 3.05) is 32.2 Å². The molecule has 1 atom stereocenters. The number of amides is 1. The van der Waals surface area contributed by atoms with Crippen LogP contribution < -0.4 is 15.8 Å². The number of ether oxygens (including phenoxy) is 2. The lowest BCUT2D eigenvalue weighted by Gasteiger charge is -2.18. The summed E-state index contributed by atoms with van der Waals surface area (Å²) in [4.78, 5) is 12.0. The molecule has 5 heteroatoms. The van der Waals surface area contributed by atoms with Crippen molar-refractivity contribution in [3.63, 3.8) is 0 Å². The minimum atomic E-state index is -0.173. The van der Waals surface area contributed by atoms with Gasteiger partial charge in [0.2, 0.25) is 5.91 Å². The number of anilines is 1. The van der Waals surface area contributed by atoms with Crippen LogP contribution in [0.15, 0.2) is 24.3 Å². The van der Waals surface area contributed by atoms with E-state index in [9.17, 15) is 4.79 Å². The van der Waals surface area contributed by atoms with Crippen LogP contribution in [-0.4, -0.2) is 32.8 Å². The molecule has 0 spiro atoms. The molecule has 3 N–H and O–H groups in total. The van der Waals surface area contributed by atoms with Gasteiger partial charge in [0.15, 0.2) is 0 Å². The van der Waals surface area contributed by atoms with Crippen LogP contribution in [0, 0.1) is 11.8 Å². The van der Waals surface area contributed by atoms with Gasteiger partial charge in [0.1, 0.15) is 12.4 Å². The molecule has 20 heavy (non-hydrogen) atoms. The topological polar surface area (TPSA) is 73.6 Å². The van der Waals surface area contributed by atoms with Crippen LogP contribution in [0.1, 0.15) is 13.8 Å². The number of hydrogen-bond donors (Lipinski definition) is 2. The van der Waals surface area contributed by atoms with Gasteiger partial charge < -0.3 is 20.5 Å². The Morgan fingerprint density at radius 2 is 1.90 bits per heavy atom. The second kappa shape index (κ2) is 8.55. The van der Waals surface area contributed by atoms with Gasteiger partial charge in [0, 0.05) is 19.3 Å². The van der Waals surface area contributed by atoms with Crippen LogP contribution in [0.4, 0.5) is 5.69 Å². The molecule has 0 saturated heterocycles. The first-order valence-corrected chi connectivity index (χ1v) is 6.81. The average Bonchev–Trinajstić information content (AvgIpc) is 2.41. The van der Waals surface area contributed by atoms with Crippen molar-refractivity contribution in [2.45, 2.75) is 13.8 Å². The summed E-state index contributed by atoms with van der Waals surface area (Å²) in [5.41, 5.74) is 6.37. The Kier molecular flexibility index (Phi) is 7.04. The Hall–Kier alpha value is -1.59. The van der Waals surface area contributed by atoms with Gasteiger partial charge in [0.05, 0.1) is 12.5 Å². The monoisotopic (exact) mass is 280 g/mol. The number of nitrogens with one attached hydrogen (secondary N) is 1. The van der Waals surface area contributed by atoms with Gasteiger partial charge in [-0.2, -0.15) is 0 Å². The summed E-state index contributed by atoms with van der Waals surface area (Å²) in [5.74, 6) is 0.749. The molecule has 0 bridgehead atoms. The van der Waals surface area contributed by atoms with E-state index in [1.807, 2.05) is 38.1 Å². The van der Waals surface area contributed by atoms with E-state index in [-0.39, 0.29) is 17.7 Å². The molecule has 0 aromatic heterocycles. The first kappa shape index (κ1) is 16.5. The van der Waals surface area contributed by atoms with Crippen LogP contribution in [0.3, 0.4) is 0 Å². The number of rotatable bonds is 8. The van der Waals surface area contributed by atoms with Crippen LogP contribution >= 0.6 is 0 Å². The predicted octanol–water partition coefficient (Wildman–Crippen LogP) is 1.88. The summed E-state index contributed by atoms with van der Waals surface area (Å²) in [7, 11) is 1.63. The van der Waals surface area contributed by atoms with E-state index in [0.29, 0.717) is 19.8 Å². The molecule has 1 rings (SSSR count). The van der Waals surface area contributed by atoms with Crippen molar-refractivity contribution in [3.05, 3.63) is 24.3 Å². The molecular formula is C15H24N2O3. The Morgan fingerprint density at radius 1 is 1.25 bits per heavy atom. The van der Waals surface area contributed by atoms with Crippen LogP contribution in [-0.2, 0) is 9.53 Å². The molecule has 1 amide bonds. The number of carbonyl (C=O) groups is 1. The van der Waals surface area contributed by atoms with E-state index >= 15 is 0 Å². The van der Waals surface area contributed by atoms with E-state index in [4.69, 9.17) is 15.2 Å². The highest BCUT2D eigenvalue weighted by Crippen LogP contribution is 2.18. The summed E-state index contributed by atoms with van der Waals surface area (Å²) in [6, 6.07) is 7.26. The van der Waals surface area contributed by atoms with Crippen molar-refractivity contribution >= 4 is 11.6 Å². The fraction of sp³-hybridized carbons (Fsp3) is 0.533. The third-order valence-electron chi connectivity index (χ3n) is 3.07. The van der Waals surface area contributed by atoms with Gasteiger partial charge in [-0.3, -0.25) is 4.79 Å². The molecule has 5 nitrogen and oxygen atoms in total. The van der Waals surface area contributed by atoms with Crippen LogP contribution in [0.5, 0.6) is 5.75 Å². The van der Waals surface area contributed by atoms with E-state index in [1.165, 1.54) is 0 Å². The molecule has 1 aromatic rings. The summed E-state index contributed by atoms with van der Waals surface area (Å²) in [6.07, 6.45) is 0. The zero-order valence-electron chi connectivity index (χ0n) is 12.4. The van der Waals surface area contributed by atoms with Crippen LogP contribution in [0.2, 0.25) is 0 Å². The maximum absolute atomic E-state index is 12.0. The highest BCUT2D eigenvalue weighted by Gasteiger charge is 2.20. The molecule has 0 heterocycles. The number of benzene rings is 1. The molecule has 112 valence electrons. The average molecular weight is 280 g/mol. The zero-order chi connectivity index (χ0) is 15.0. The molecule has 0 fully saturated rings. The quantitative estimate of drug-likeness (QED) is 0.713. The lowest BCUT2D eigenvalue weighted by atomic mass is 9.95. The Morgan fingerprint density at radius 3 is 2.40 bits per heavy atom. The van der Waals surface area contributed by atoms with Gasteiger partial charge in [-0.05, 0) is 30.2 Å². The van der Waals surface area contributed by atoms with Gasteiger partial charge in [-0.15, -0.1) is 0 Å². The fourth-order valence-electron chi connectivity index (χ4n) is 1.79. The predicted molar refractivity (Wildman–Crippen MR) is 79.8 cm³/mol. The highest BCUT2D eigenvalue weighted by atomic mass is 16.5. The largest absolute Gasteiger partial charge is 0.491 e. The number of hydrogen-bond acceptors (Lipinski definition) is 4.